The number of carbonyl (C=O) groups excluding carboxylic acids is 3. The first kappa shape index (κ1) is 27.9. The van der Waals surface area contributed by atoms with Gasteiger partial charge in [-0.25, -0.2) is 0 Å². The predicted molar refractivity (Wildman–Crippen MR) is 136 cm³/mol. The molecule has 0 aliphatic heterocycles. The van der Waals surface area contributed by atoms with Crippen molar-refractivity contribution in [1.29, 1.82) is 0 Å². The molecule has 4 atom stereocenters. The Morgan fingerprint density at radius 1 is 0.886 bits per heavy atom. The van der Waals surface area contributed by atoms with Crippen LogP contribution in [0.25, 0.3) is 0 Å². The number of hydrogen-bond donors (Lipinski definition) is 5. The van der Waals surface area contributed by atoms with E-state index < -0.39 is 29.9 Å². The van der Waals surface area contributed by atoms with Crippen molar-refractivity contribution >= 4 is 17.7 Å². The summed E-state index contributed by atoms with van der Waals surface area (Å²) < 4.78 is 0. The smallest absolute Gasteiger partial charge is 0.243 e. The number of phenolic OH excluding ortho intramolecular Hbond substituents is 1. The van der Waals surface area contributed by atoms with Crippen LogP contribution in [0.4, 0.5) is 0 Å². The van der Waals surface area contributed by atoms with E-state index in [1.807, 2.05) is 51.1 Å². The van der Waals surface area contributed by atoms with Gasteiger partial charge in [-0.3, -0.25) is 14.4 Å². The van der Waals surface area contributed by atoms with E-state index >= 15 is 0 Å². The number of rotatable bonds is 13. The van der Waals surface area contributed by atoms with Gasteiger partial charge in [-0.05, 0) is 35.6 Å². The molecule has 2 aromatic rings. The molecule has 8 nitrogen and oxygen atoms in total. The van der Waals surface area contributed by atoms with Crippen LogP contribution in [0.1, 0.15) is 51.2 Å². The Hall–Kier alpha value is -3.39. The van der Waals surface area contributed by atoms with Crippen LogP contribution < -0.4 is 21.7 Å². The third kappa shape index (κ3) is 9.05. The number of nitrogens with two attached hydrogens (primary N) is 1. The van der Waals surface area contributed by atoms with Crippen LogP contribution in [-0.2, 0) is 27.3 Å². The van der Waals surface area contributed by atoms with E-state index in [2.05, 4.69) is 16.0 Å². The summed E-state index contributed by atoms with van der Waals surface area (Å²) in [4.78, 5) is 39.0. The zero-order valence-corrected chi connectivity index (χ0v) is 20.8. The summed E-state index contributed by atoms with van der Waals surface area (Å²) in [6.07, 6.45) is 2.10. The molecular weight excluding hydrogens is 444 g/mol. The van der Waals surface area contributed by atoms with Gasteiger partial charge >= 0.3 is 0 Å². The molecule has 0 saturated heterocycles. The van der Waals surface area contributed by atoms with Crippen molar-refractivity contribution in [3.8, 4) is 5.75 Å². The van der Waals surface area contributed by atoms with Gasteiger partial charge in [0.05, 0.1) is 6.04 Å². The maximum absolute atomic E-state index is 13.3. The molecule has 0 fully saturated rings. The molecule has 35 heavy (non-hydrogen) atoms. The first-order chi connectivity index (χ1) is 16.7. The molecule has 0 bridgehead atoms. The molecule has 0 aliphatic carbocycles. The zero-order valence-electron chi connectivity index (χ0n) is 20.8. The molecule has 0 heterocycles. The number of amides is 3. The fourth-order valence-electron chi connectivity index (χ4n) is 3.65. The Kier molecular flexibility index (Phi) is 11.2. The number of aromatic hydroxyl groups is 1. The number of carbonyl (C=O) groups is 3. The lowest BCUT2D eigenvalue weighted by Gasteiger charge is -2.27. The lowest BCUT2D eigenvalue weighted by atomic mass is 9.97. The number of nitrogens with one attached hydrogen (secondary N) is 3. The van der Waals surface area contributed by atoms with Crippen molar-refractivity contribution in [3.63, 3.8) is 0 Å². The highest BCUT2D eigenvalue weighted by Crippen LogP contribution is 2.13. The highest BCUT2D eigenvalue weighted by Gasteiger charge is 2.30. The summed E-state index contributed by atoms with van der Waals surface area (Å²) in [7, 11) is 0. The average Bonchev–Trinajstić information content (AvgIpc) is 2.86. The van der Waals surface area contributed by atoms with Crippen LogP contribution in [-0.4, -0.2) is 41.0 Å². The van der Waals surface area contributed by atoms with Crippen LogP contribution >= 0.6 is 0 Å². The fourth-order valence-corrected chi connectivity index (χ4v) is 3.65. The molecule has 0 saturated carbocycles. The molecule has 0 aromatic heterocycles. The minimum atomic E-state index is -0.927. The Morgan fingerprint density at radius 3 is 2.14 bits per heavy atom. The molecule has 8 heteroatoms. The summed E-state index contributed by atoms with van der Waals surface area (Å²) in [6, 6.07) is 13.5. The molecule has 2 aromatic carbocycles. The highest BCUT2D eigenvalue weighted by molar-refractivity contribution is 5.93. The standard InChI is InChI=1S/C27H38N4O4/c1-4-9-22(28)25(33)30-23(16-19-12-14-21(32)15-13-19)26(34)31-24(18(3)5-2)27(35)29-17-20-10-7-6-8-11-20/h6-8,10-15,18,22-24,32H,4-5,9,16-17,28H2,1-3H3,(H,29,35)(H,30,33)(H,31,34)/t18-,22-,23-,24-/m0/s1. The van der Waals surface area contributed by atoms with E-state index in [-0.39, 0.29) is 24.0 Å². The molecule has 6 N–H and O–H groups in total. The van der Waals surface area contributed by atoms with Gasteiger partial charge in [0.2, 0.25) is 17.7 Å². The fraction of sp³-hybridized carbons (Fsp3) is 0.444. The molecule has 0 radical (unpaired) electrons. The summed E-state index contributed by atoms with van der Waals surface area (Å²) in [5.41, 5.74) is 7.67. The van der Waals surface area contributed by atoms with Crippen LogP contribution in [0.2, 0.25) is 0 Å². The van der Waals surface area contributed by atoms with E-state index in [0.29, 0.717) is 19.4 Å². The Balaban J connectivity index is 2.17. The Labute approximate surface area is 207 Å². The minimum absolute atomic E-state index is 0.107. The topological polar surface area (TPSA) is 134 Å². The summed E-state index contributed by atoms with van der Waals surface area (Å²) in [5.74, 6) is -1.18. The van der Waals surface area contributed by atoms with Gasteiger partial charge in [0.1, 0.15) is 17.8 Å². The summed E-state index contributed by atoms with van der Waals surface area (Å²) in [6.45, 7) is 6.13. The zero-order chi connectivity index (χ0) is 25.8. The Bertz CT molecular complexity index is 949. The van der Waals surface area contributed by atoms with Gasteiger partial charge in [-0.1, -0.05) is 76.1 Å². The second-order valence-corrected chi connectivity index (χ2v) is 8.90. The lowest BCUT2D eigenvalue weighted by Crippen LogP contribution is -2.57. The second-order valence-electron chi connectivity index (χ2n) is 8.90. The van der Waals surface area contributed by atoms with Crippen molar-refractivity contribution < 1.29 is 19.5 Å². The predicted octanol–water partition coefficient (Wildman–Crippen LogP) is 2.39. The summed E-state index contributed by atoms with van der Waals surface area (Å²) >= 11 is 0. The molecule has 2 rings (SSSR count). The van der Waals surface area contributed by atoms with Crippen molar-refractivity contribution in [3.05, 3.63) is 65.7 Å². The Morgan fingerprint density at radius 2 is 1.54 bits per heavy atom. The third-order valence-corrected chi connectivity index (χ3v) is 6.05. The average molecular weight is 483 g/mol. The third-order valence-electron chi connectivity index (χ3n) is 6.05. The van der Waals surface area contributed by atoms with E-state index in [1.54, 1.807) is 12.1 Å². The molecular formula is C27H38N4O4. The molecule has 0 aliphatic rings. The van der Waals surface area contributed by atoms with Crippen LogP contribution in [0.5, 0.6) is 5.75 Å². The van der Waals surface area contributed by atoms with Crippen molar-refractivity contribution in [2.24, 2.45) is 11.7 Å². The largest absolute Gasteiger partial charge is 0.508 e. The number of benzene rings is 2. The van der Waals surface area contributed by atoms with Crippen molar-refractivity contribution in [2.75, 3.05) is 0 Å². The van der Waals surface area contributed by atoms with Crippen LogP contribution in [0.3, 0.4) is 0 Å². The first-order valence-corrected chi connectivity index (χ1v) is 12.2. The van der Waals surface area contributed by atoms with Crippen LogP contribution in [0.15, 0.2) is 54.6 Å². The summed E-state index contributed by atoms with van der Waals surface area (Å²) in [5, 5.41) is 18.1. The molecule has 0 spiro atoms. The number of phenols is 1. The normalized spacial score (nSPS) is 14.3. The highest BCUT2D eigenvalue weighted by atomic mass is 16.3. The van der Waals surface area contributed by atoms with Crippen LogP contribution in [0, 0.1) is 5.92 Å². The van der Waals surface area contributed by atoms with Gasteiger partial charge in [0, 0.05) is 13.0 Å². The van der Waals surface area contributed by atoms with Gasteiger partial charge in [0.25, 0.3) is 0 Å². The van der Waals surface area contributed by atoms with Gasteiger partial charge in [-0.15, -0.1) is 0 Å². The molecule has 0 unspecified atom stereocenters. The lowest BCUT2D eigenvalue weighted by molar-refractivity contribution is -0.133. The molecule has 3 amide bonds. The van der Waals surface area contributed by atoms with E-state index in [0.717, 1.165) is 17.5 Å². The van der Waals surface area contributed by atoms with Gasteiger partial charge in [0.15, 0.2) is 0 Å². The van der Waals surface area contributed by atoms with E-state index in [9.17, 15) is 19.5 Å². The maximum Gasteiger partial charge on any atom is 0.243 e. The second kappa shape index (κ2) is 14.1. The van der Waals surface area contributed by atoms with E-state index in [4.69, 9.17) is 5.73 Å². The van der Waals surface area contributed by atoms with Gasteiger partial charge in [-0.2, -0.15) is 0 Å². The van der Waals surface area contributed by atoms with Gasteiger partial charge < -0.3 is 26.8 Å². The van der Waals surface area contributed by atoms with E-state index in [1.165, 1.54) is 12.1 Å². The van der Waals surface area contributed by atoms with Crippen molar-refractivity contribution in [1.82, 2.24) is 16.0 Å². The maximum atomic E-state index is 13.3. The number of hydrogen-bond acceptors (Lipinski definition) is 5. The first-order valence-electron chi connectivity index (χ1n) is 12.2. The monoisotopic (exact) mass is 482 g/mol. The minimum Gasteiger partial charge on any atom is -0.508 e. The van der Waals surface area contributed by atoms with Crippen molar-refractivity contribution in [2.45, 2.75) is 71.1 Å². The molecule has 190 valence electrons. The SMILES string of the molecule is CCC[C@H](N)C(=O)N[C@@H](Cc1ccc(O)cc1)C(=O)N[C@H](C(=O)NCc1ccccc1)[C@@H](C)CC. The quantitative estimate of drug-likeness (QED) is 0.299.